The van der Waals surface area contributed by atoms with E-state index in [1.54, 1.807) is 0 Å². The molecule has 0 aliphatic carbocycles. The zero-order valence-corrected chi connectivity index (χ0v) is 16.6. The molecule has 146 valence electrons. The predicted octanol–water partition coefficient (Wildman–Crippen LogP) is 6.10. The summed E-state index contributed by atoms with van der Waals surface area (Å²) in [6.45, 7) is 4.36. The molecular weight excluding hydrogens is 346 g/mol. The van der Waals surface area contributed by atoms with Gasteiger partial charge in [-0.25, -0.2) is 0 Å². The third kappa shape index (κ3) is 6.66. The van der Waals surface area contributed by atoms with E-state index in [0.717, 1.165) is 56.2 Å². The van der Waals surface area contributed by atoms with Crippen LogP contribution in [0.5, 0.6) is 11.5 Å². The Bertz CT molecular complexity index is 815. The Kier molecular flexibility index (Phi) is 7.80. The first-order valence-electron chi connectivity index (χ1n) is 10.1. The highest BCUT2D eigenvalue weighted by molar-refractivity contribution is 5.47. The van der Waals surface area contributed by atoms with Crippen LogP contribution in [0, 0.1) is 0 Å². The van der Waals surface area contributed by atoms with Crippen LogP contribution in [0.15, 0.2) is 78.9 Å². The van der Waals surface area contributed by atoms with E-state index in [9.17, 15) is 0 Å². The maximum absolute atomic E-state index is 5.85. The SMILES string of the molecule is CCCOc1cccc(CNc2ccc(OCCCc3ccccc3)cc2)c1. The largest absolute Gasteiger partial charge is 0.494 e. The minimum atomic E-state index is 0.728. The van der Waals surface area contributed by atoms with Crippen molar-refractivity contribution in [2.45, 2.75) is 32.7 Å². The van der Waals surface area contributed by atoms with Crippen LogP contribution in [0.1, 0.15) is 30.9 Å². The van der Waals surface area contributed by atoms with Gasteiger partial charge >= 0.3 is 0 Å². The lowest BCUT2D eigenvalue weighted by Gasteiger charge is -2.10. The number of benzene rings is 3. The smallest absolute Gasteiger partial charge is 0.119 e. The summed E-state index contributed by atoms with van der Waals surface area (Å²) in [6, 6.07) is 26.9. The van der Waals surface area contributed by atoms with Crippen LogP contribution in [-0.2, 0) is 13.0 Å². The summed E-state index contributed by atoms with van der Waals surface area (Å²) in [6.07, 6.45) is 3.07. The predicted molar refractivity (Wildman–Crippen MR) is 116 cm³/mol. The van der Waals surface area contributed by atoms with Gasteiger partial charge in [-0.15, -0.1) is 0 Å². The highest BCUT2D eigenvalue weighted by atomic mass is 16.5. The average molecular weight is 376 g/mol. The molecule has 0 fully saturated rings. The van der Waals surface area contributed by atoms with Crippen LogP contribution in [-0.4, -0.2) is 13.2 Å². The number of ether oxygens (including phenoxy) is 2. The van der Waals surface area contributed by atoms with Crippen molar-refractivity contribution in [1.29, 1.82) is 0 Å². The molecule has 0 bridgehead atoms. The van der Waals surface area contributed by atoms with Gasteiger partial charge in [0.15, 0.2) is 0 Å². The Morgan fingerprint density at radius 3 is 2.25 bits per heavy atom. The quantitative estimate of drug-likeness (QED) is 0.411. The molecule has 0 unspecified atom stereocenters. The Morgan fingerprint density at radius 2 is 1.46 bits per heavy atom. The van der Waals surface area contributed by atoms with Crippen molar-refractivity contribution in [1.82, 2.24) is 0 Å². The summed E-state index contributed by atoms with van der Waals surface area (Å²) in [5.41, 5.74) is 3.64. The highest BCUT2D eigenvalue weighted by Crippen LogP contribution is 2.18. The van der Waals surface area contributed by atoms with Gasteiger partial charge in [0.1, 0.15) is 11.5 Å². The normalized spacial score (nSPS) is 10.5. The molecule has 0 radical (unpaired) electrons. The Morgan fingerprint density at radius 1 is 0.714 bits per heavy atom. The maximum atomic E-state index is 5.85. The second-order valence-electron chi connectivity index (χ2n) is 6.81. The summed E-state index contributed by atoms with van der Waals surface area (Å²) in [7, 11) is 0. The first-order valence-corrected chi connectivity index (χ1v) is 10.1. The van der Waals surface area contributed by atoms with Crippen molar-refractivity contribution < 1.29 is 9.47 Å². The minimum Gasteiger partial charge on any atom is -0.494 e. The standard InChI is InChI=1S/C25H29NO2/c1-2-17-27-25-12-6-10-22(19-25)20-26-23-13-15-24(16-14-23)28-18-7-11-21-8-4-3-5-9-21/h3-6,8-10,12-16,19,26H,2,7,11,17-18,20H2,1H3. The van der Waals surface area contributed by atoms with Crippen LogP contribution in [0.2, 0.25) is 0 Å². The van der Waals surface area contributed by atoms with E-state index in [2.05, 4.69) is 60.8 Å². The van der Waals surface area contributed by atoms with Crippen molar-refractivity contribution in [3.8, 4) is 11.5 Å². The van der Waals surface area contributed by atoms with Crippen molar-refractivity contribution in [3.63, 3.8) is 0 Å². The van der Waals surface area contributed by atoms with Gasteiger partial charge in [0.25, 0.3) is 0 Å². The van der Waals surface area contributed by atoms with E-state index in [0.29, 0.717) is 0 Å². The van der Waals surface area contributed by atoms with Gasteiger partial charge in [-0.2, -0.15) is 0 Å². The lowest BCUT2D eigenvalue weighted by molar-refractivity contribution is 0.311. The van der Waals surface area contributed by atoms with E-state index >= 15 is 0 Å². The van der Waals surface area contributed by atoms with Crippen LogP contribution < -0.4 is 14.8 Å². The molecule has 0 saturated heterocycles. The van der Waals surface area contributed by atoms with Crippen LogP contribution in [0.25, 0.3) is 0 Å². The maximum Gasteiger partial charge on any atom is 0.119 e. The molecule has 3 rings (SSSR count). The lowest BCUT2D eigenvalue weighted by atomic mass is 10.1. The summed E-state index contributed by atoms with van der Waals surface area (Å²) in [5, 5.41) is 3.45. The molecule has 0 heterocycles. The fraction of sp³-hybridized carbons (Fsp3) is 0.280. The first kappa shape index (κ1) is 19.8. The Balaban J connectivity index is 1.40. The van der Waals surface area contributed by atoms with Crippen LogP contribution in [0.4, 0.5) is 5.69 Å². The summed E-state index contributed by atoms with van der Waals surface area (Å²) < 4.78 is 11.5. The van der Waals surface area contributed by atoms with E-state index in [1.165, 1.54) is 11.1 Å². The first-order chi connectivity index (χ1) is 13.8. The fourth-order valence-electron chi connectivity index (χ4n) is 2.95. The molecule has 3 aromatic rings. The number of anilines is 1. The van der Waals surface area contributed by atoms with Crippen molar-refractivity contribution in [2.75, 3.05) is 18.5 Å². The number of aryl methyl sites for hydroxylation is 1. The topological polar surface area (TPSA) is 30.5 Å². The fourth-order valence-corrected chi connectivity index (χ4v) is 2.95. The monoisotopic (exact) mass is 375 g/mol. The van der Waals surface area contributed by atoms with Gasteiger partial charge in [-0.1, -0.05) is 49.4 Å². The molecule has 28 heavy (non-hydrogen) atoms. The second-order valence-corrected chi connectivity index (χ2v) is 6.81. The summed E-state index contributed by atoms with van der Waals surface area (Å²) >= 11 is 0. The van der Waals surface area contributed by atoms with Gasteiger partial charge in [0.2, 0.25) is 0 Å². The number of hydrogen-bond donors (Lipinski definition) is 1. The third-order valence-corrected chi connectivity index (χ3v) is 4.44. The zero-order chi connectivity index (χ0) is 19.4. The van der Waals surface area contributed by atoms with Crippen molar-refractivity contribution in [3.05, 3.63) is 90.0 Å². The Labute approximate surface area is 168 Å². The average Bonchev–Trinajstić information content (AvgIpc) is 2.76. The lowest BCUT2D eigenvalue weighted by Crippen LogP contribution is -2.02. The second kappa shape index (κ2) is 11.0. The highest BCUT2D eigenvalue weighted by Gasteiger charge is 1.99. The molecule has 3 aromatic carbocycles. The van der Waals surface area contributed by atoms with Gasteiger partial charge in [0.05, 0.1) is 13.2 Å². The molecule has 1 N–H and O–H groups in total. The van der Waals surface area contributed by atoms with Gasteiger partial charge in [-0.05, 0) is 66.8 Å². The van der Waals surface area contributed by atoms with Crippen LogP contribution in [0.3, 0.4) is 0 Å². The molecular formula is C25H29NO2. The minimum absolute atomic E-state index is 0.728. The molecule has 0 amide bonds. The molecule has 3 nitrogen and oxygen atoms in total. The van der Waals surface area contributed by atoms with Gasteiger partial charge < -0.3 is 14.8 Å². The number of rotatable bonds is 11. The summed E-state index contributed by atoms with van der Waals surface area (Å²) in [4.78, 5) is 0. The molecule has 0 aliphatic heterocycles. The van der Waals surface area contributed by atoms with Crippen molar-refractivity contribution >= 4 is 5.69 Å². The number of nitrogens with one attached hydrogen (secondary N) is 1. The summed E-state index contributed by atoms with van der Waals surface area (Å²) in [5.74, 6) is 1.84. The van der Waals surface area contributed by atoms with E-state index < -0.39 is 0 Å². The van der Waals surface area contributed by atoms with E-state index in [1.807, 2.05) is 30.3 Å². The zero-order valence-electron chi connectivity index (χ0n) is 16.6. The van der Waals surface area contributed by atoms with Gasteiger partial charge in [0, 0.05) is 12.2 Å². The molecule has 0 aromatic heterocycles. The molecule has 3 heteroatoms. The van der Waals surface area contributed by atoms with Crippen LogP contribution >= 0.6 is 0 Å². The van der Waals surface area contributed by atoms with Gasteiger partial charge in [-0.3, -0.25) is 0 Å². The molecule has 0 aliphatic rings. The molecule has 0 saturated carbocycles. The molecule has 0 atom stereocenters. The molecule has 0 spiro atoms. The van der Waals surface area contributed by atoms with E-state index in [4.69, 9.17) is 9.47 Å². The van der Waals surface area contributed by atoms with Crippen molar-refractivity contribution in [2.24, 2.45) is 0 Å². The Hall–Kier alpha value is -2.94. The number of hydrogen-bond acceptors (Lipinski definition) is 3. The van der Waals surface area contributed by atoms with E-state index in [-0.39, 0.29) is 0 Å². The third-order valence-electron chi connectivity index (χ3n) is 4.44.